The fraction of sp³-hybridized carbons (Fsp3) is 0.933. The highest BCUT2D eigenvalue weighted by Gasteiger charge is 2.69. The molecule has 1 fully saturated rings. The molecule has 1 saturated carbocycles. The first-order chi connectivity index (χ1) is 7.66. The third-order valence-electron chi connectivity index (χ3n) is 4.84. The predicted molar refractivity (Wildman–Crippen MR) is 70.7 cm³/mol. The van der Waals surface area contributed by atoms with Crippen LogP contribution in [0.2, 0.25) is 0 Å². The first-order valence-corrected chi connectivity index (χ1v) is 6.86. The van der Waals surface area contributed by atoms with E-state index in [1.165, 1.54) is 0 Å². The molecule has 0 N–H and O–H groups in total. The standard InChI is InChI=1S/C15H28O2/c1-8-9-11(10(2)3)17-13(16)12-14(4,5)15(12,6)7/h10-12H,8-9H2,1-7H3. The average Bonchev–Trinajstić information content (AvgIpc) is 2.56. The molecule has 100 valence electrons. The second kappa shape index (κ2) is 4.62. The maximum absolute atomic E-state index is 12.2. The summed E-state index contributed by atoms with van der Waals surface area (Å²) in [6.45, 7) is 15.0. The minimum atomic E-state index is 0.00662. The van der Waals surface area contributed by atoms with Crippen molar-refractivity contribution in [1.29, 1.82) is 0 Å². The Morgan fingerprint density at radius 2 is 1.65 bits per heavy atom. The summed E-state index contributed by atoms with van der Waals surface area (Å²) in [7, 11) is 0. The van der Waals surface area contributed by atoms with Crippen LogP contribution >= 0.6 is 0 Å². The van der Waals surface area contributed by atoms with E-state index >= 15 is 0 Å². The Morgan fingerprint density at radius 3 is 1.94 bits per heavy atom. The zero-order valence-electron chi connectivity index (χ0n) is 12.5. The molecule has 0 saturated heterocycles. The van der Waals surface area contributed by atoms with Crippen LogP contribution in [0.25, 0.3) is 0 Å². The molecular formula is C15H28O2. The summed E-state index contributed by atoms with van der Waals surface area (Å²) in [6.07, 6.45) is 2.12. The fourth-order valence-corrected chi connectivity index (χ4v) is 2.82. The topological polar surface area (TPSA) is 26.3 Å². The number of ether oxygens (including phenoxy) is 1. The van der Waals surface area contributed by atoms with Crippen LogP contribution in [-0.4, -0.2) is 12.1 Å². The summed E-state index contributed by atoms with van der Waals surface area (Å²) in [5.74, 6) is 0.476. The largest absolute Gasteiger partial charge is 0.462 e. The Hall–Kier alpha value is -0.530. The summed E-state index contributed by atoms with van der Waals surface area (Å²) in [5, 5.41) is 0. The summed E-state index contributed by atoms with van der Waals surface area (Å²) >= 11 is 0. The van der Waals surface area contributed by atoms with Crippen LogP contribution in [0.15, 0.2) is 0 Å². The molecule has 0 aromatic heterocycles. The maximum atomic E-state index is 12.2. The lowest BCUT2D eigenvalue weighted by Crippen LogP contribution is -2.25. The van der Waals surface area contributed by atoms with Crippen molar-refractivity contribution >= 4 is 5.97 Å². The van der Waals surface area contributed by atoms with Crippen LogP contribution in [-0.2, 0) is 9.53 Å². The lowest BCUT2D eigenvalue weighted by Gasteiger charge is -2.21. The van der Waals surface area contributed by atoms with E-state index in [1.54, 1.807) is 0 Å². The van der Waals surface area contributed by atoms with Crippen molar-refractivity contribution < 1.29 is 9.53 Å². The molecule has 1 atom stereocenters. The van der Waals surface area contributed by atoms with Crippen LogP contribution in [0.1, 0.15) is 61.3 Å². The number of rotatable bonds is 5. The highest BCUT2D eigenvalue weighted by atomic mass is 16.5. The summed E-state index contributed by atoms with van der Waals surface area (Å²) in [6, 6.07) is 0. The minimum Gasteiger partial charge on any atom is -0.462 e. The molecule has 0 amide bonds. The second-order valence-corrected chi connectivity index (χ2v) is 6.88. The van der Waals surface area contributed by atoms with Gasteiger partial charge in [0.15, 0.2) is 0 Å². The van der Waals surface area contributed by atoms with E-state index in [2.05, 4.69) is 48.5 Å². The quantitative estimate of drug-likeness (QED) is 0.678. The van der Waals surface area contributed by atoms with Gasteiger partial charge in [0.1, 0.15) is 6.10 Å². The molecule has 2 heteroatoms. The van der Waals surface area contributed by atoms with Crippen LogP contribution in [0.5, 0.6) is 0 Å². The van der Waals surface area contributed by atoms with E-state index in [4.69, 9.17) is 4.74 Å². The normalized spacial score (nSPS) is 23.5. The number of carbonyl (C=O) groups is 1. The molecule has 1 rings (SSSR count). The van der Waals surface area contributed by atoms with Gasteiger partial charge in [-0.2, -0.15) is 0 Å². The van der Waals surface area contributed by atoms with Gasteiger partial charge >= 0.3 is 5.97 Å². The van der Waals surface area contributed by atoms with Gasteiger partial charge in [-0.3, -0.25) is 4.79 Å². The van der Waals surface area contributed by atoms with Crippen LogP contribution < -0.4 is 0 Å². The summed E-state index contributed by atoms with van der Waals surface area (Å²) in [4.78, 5) is 12.2. The highest BCUT2D eigenvalue weighted by molar-refractivity contribution is 5.79. The molecule has 17 heavy (non-hydrogen) atoms. The predicted octanol–water partition coefficient (Wildman–Crippen LogP) is 4.04. The molecule has 1 aliphatic rings. The molecule has 1 unspecified atom stereocenters. The van der Waals surface area contributed by atoms with E-state index in [-0.39, 0.29) is 28.8 Å². The molecule has 0 heterocycles. The summed E-state index contributed by atoms with van der Waals surface area (Å²) < 4.78 is 5.71. The number of hydrogen-bond donors (Lipinski definition) is 0. The average molecular weight is 240 g/mol. The first-order valence-electron chi connectivity index (χ1n) is 6.86. The van der Waals surface area contributed by atoms with E-state index in [1.807, 2.05) is 0 Å². The molecule has 0 radical (unpaired) electrons. The molecule has 0 aromatic rings. The van der Waals surface area contributed by atoms with Gasteiger partial charge in [0.05, 0.1) is 5.92 Å². The number of hydrogen-bond acceptors (Lipinski definition) is 2. The van der Waals surface area contributed by atoms with E-state index in [0.717, 1.165) is 12.8 Å². The van der Waals surface area contributed by atoms with Gasteiger partial charge in [-0.05, 0) is 23.2 Å². The molecule has 1 aliphatic carbocycles. The van der Waals surface area contributed by atoms with Crippen LogP contribution in [0, 0.1) is 22.7 Å². The van der Waals surface area contributed by atoms with E-state index in [9.17, 15) is 4.79 Å². The van der Waals surface area contributed by atoms with Crippen molar-refractivity contribution in [2.45, 2.75) is 67.4 Å². The maximum Gasteiger partial charge on any atom is 0.310 e. The van der Waals surface area contributed by atoms with Crippen LogP contribution in [0.3, 0.4) is 0 Å². The van der Waals surface area contributed by atoms with E-state index < -0.39 is 0 Å². The smallest absolute Gasteiger partial charge is 0.310 e. The first kappa shape index (κ1) is 14.5. The summed E-state index contributed by atoms with van der Waals surface area (Å²) in [5.41, 5.74) is 0.162. The van der Waals surface area contributed by atoms with Gasteiger partial charge in [-0.25, -0.2) is 0 Å². The highest BCUT2D eigenvalue weighted by Crippen LogP contribution is 2.68. The lowest BCUT2D eigenvalue weighted by molar-refractivity contribution is -0.154. The van der Waals surface area contributed by atoms with Gasteiger partial charge in [0.2, 0.25) is 0 Å². The third kappa shape index (κ3) is 2.51. The Morgan fingerprint density at radius 1 is 1.18 bits per heavy atom. The van der Waals surface area contributed by atoms with Gasteiger partial charge in [0.25, 0.3) is 0 Å². The van der Waals surface area contributed by atoms with Crippen molar-refractivity contribution in [1.82, 2.24) is 0 Å². The van der Waals surface area contributed by atoms with Gasteiger partial charge in [-0.1, -0.05) is 54.9 Å². The van der Waals surface area contributed by atoms with Crippen molar-refractivity contribution in [3.05, 3.63) is 0 Å². The van der Waals surface area contributed by atoms with Crippen molar-refractivity contribution in [3.63, 3.8) is 0 Å². The third-order valence-corrected chi connectivity index (χ3v) is 4.84. The van der Waals surface area contributed by atoms with Gasteiger partial charge < -0.3 is 4.74 Å². The zero-order chi connectivity index (χ0) is 13.4. The van der Waals surface area contributed by atoms with Crippen LogP contribution in [0.4, 0.5) is 0 Å². The molecule has 0 aromatic carbocycles. The SMILES string of the molecule is CCCC(OC(=O)C1C(C)(C)C1(C)C)C(C)C. The molecule has 0 spiro atoms. The van der Waals surface area contributed by atoms with Crippen molar-refractivity contribution in [2.75, 3.05) is 0 Å². The number of carbonyl (C=O) groups excluding carboxylic acids is 1. The molecule has 0 bridgehead atoms. The van der Waals surface area contributed by atoms with Gasteiger partial charge in [-0.15, -0.1) is 0 Å². The Balaban J connectivity index is 2.61. The Labute approximate surface area is 106 Å². The molecule has 2 nitrogen and oxygen atoms in total. The fourth-order valence-electron chi connectivity index (χ4n) is 2.82. The molecular weight excluding hydrogens is 212 g/mol. The van der Waals surface area contributed by atoms with Gasteiger partial charge in [0, 0.05) is 0 Å². The van der Waals surface area contributed by atoms with Crippen molar-refractivity contribution in [2.24, 2.45) is 22.7 Å². The van der Waals surface area contributed by atoms with E-state index in [0.29, 0.717) is 5.92 Å². The molecule has 0 aliphatic heterocycles. The lowest BCUT2D eigenvalue weighted by atomic mass is 10.0. The second-order valence-electron chi connectivity index (χ2n) is 6.88. The Kier molecular flexibility index (Phi) is 3.95. The van der Waals surface area contributed by atoms with Crippen molar-refractivity contribution in [3.8, 4) is 0 Å². The zero-order valence-corrected chi connectivity index (χ0v) is 12.5. The number of esters is 1. The Bertz CT molecular complexity index is 275. The minimum absolute atomic E-state index is 0.00662. The monoisotopic (exact) mass is 240 g/mol.